The molecule has 0 heterocycles. The molecule has 27 heavy (non-hydrogen) atoms. The first kappa shape index (κ1) is 20.3. The van der Waals surface area contributed by atoms with Crippen molar-refractivity contribution < 1.29 is 19.1 Å². The van der Waals surface area contributed by atoms with Gasteiger partial charge in [0.15, 0.2) is 0 Å². The maximum atomic E-state index is 12.4. The smallest absolute Gasteiger partial charge is 0.337 e. The van der Waals surface area contributed by atoms with Gasteiger partial charge < -0.3 is 14.8 Å². The molecule has 2 aromatic rings. The number of carbonyl (C=O) groups is 2. The van der Waals surface area contributed by atoms with Crippen molar-refractivity contribution in [2.24, 2.45) is 0 Å². The minimum absolute atomic E-state index is 0.177. The van der Waals surface area contributed by atoms with Gasteiger partial charge in [-0.25, -0.2) is 4.79 Å². The Kier molecular flexibility index (Phi) is 6.83. The third kappa shape index (κ3) is 5.00. The average molecular weight is 405 g/mol. The van der Waals surface area contributed by atoms with Crippen LogP contribution in [0.25, 0.3) is 6.08 Å². The molecule has 0 unspecified atom stereocenters. The summed E-state index contributed by atoms with van der Waals surface area (Å²) in [6.07, 6.45) is 1.33. The van der Waals surface area contributed by atoms with E-state index in [0.29, 0.717) is 27.6 Å². The van der Waals surface area contributed by atoms with Gasteiger partial charge in [0.2, 0.25) is 0 Å². The molecule has 0 aliphatic heterocycles. The highest BCUT2D eigenvalue weighted by Crippen LogP contribution is 2.33. The highest BCUT2D eigenvalue weighted by atomic mass is 35.5. The van der Waals surface area contributed by atoms with Gasteiger partial charge in [0.05, 0.1) is 24.8 Å². The van der Waals surface area contributed by atoms with Crippen molar-refractivity contribution in [3.8, 4) is 11.8 Å². The second-order valence-electron chi connectivity index (χ2n) is 5.20. The van der Waals surface area contributed by atoms with Crippen molar-refractivity contribution >= 4 is 46.8 Å². The zero-order valence-electron chi connectivity index (χ0n) is 14.4. The summed E-state index contributed by atoms with van der Waals surface area (Å²) in [5.74, 6) is -0.832. The van der Waals surface area contributed by atoms with Gasteiger partial charge in [0.1, 0.15) is 17.4 Å². The monoisotopic (exact) mass is 404 g/mol. The van der Waals surface area contributed by atoms with Crippen molar-refractivity contribution in [3.63, 3.8) is 0 Å². The predicted octanol–water partition coefficient (Wildman–Crippen LogP) is 4.33. The number of hydrogen-bond donors (Lipinski definition) is 1. The topological polar surface area (TPSA) is 88.4 Å². The van der Waals surface area contributed by atoms with Crippen LogP contribution in [0.5, 0.6) is 5.75 Å². The van der Waals surface area contributed by atoms with Crippen molar-refractivity contribution in [1.29, 1.82) is 5.26 Å². The standard InChI is InChI=1S/C19H14Cl2N2O4/c1-26-17-12(8-14(20)9-16(17)21)7-13(10-22)18(24)23-15-5-3-11(4-6-15)19(25)27-2/h3-9H,1-2H3,(H,23,24)/b13-7+. The lowest BCUT2D eigenvalue weighted by Gasteiger charge is -2.09. The van der Waals surface area contributed by atoms with Crippen LogP contribution in [-0.2, 0) is 9.53 Å². The average Bonchev–Trinajstić information content (AvgIpc) is 2.65. The predicted molar refractivity (Wildman–Crippen MR) is 103 cm³/mol. The summed E-state index contributed by atoms with van der Waals surface area (Å²) in [6.45, 7) is 0. The number of rotatable bonds is 5. The number of nitriles is 1. The fourth-order valence-electron chi connectivity index (χ4n) is 2.21. The van der Waals surface area contributed by atoms with E-state index < -0.39 is 11.9 Å². The Labute approximate surface area is 165 Å². The van der Waals surface area contributed by atoms with E-state index in [2.05, 4.69) is 10.1 Å². The van der Waals surface area contributed by atoms with Crippen molar-refractivity contribution in [2.45, 2.75) is 0 Å². The van der Waals surface area contributed by atoms with E-state index in [-0.39, 0.29) is 10.6 Å². The van der Waals surface area contributed by atoms with E-state index >= 15 is 0 Å². The number of carbonyl (C=O) groups excluding carboxylic acids is 2. The van der Waals surface area contributed by atoms with Crippen LogP contribution in [0.1, 0.15) is 15.9 Å². The molecule has 0 saturated heterocycles. The van der Waals surface area contributed by atoms with Gasteiger partial charge in [-0.3, -0.25) is 4.79 Å². The first-order valence-corrected chi connectivity index (χ1v) is 8.29. The molecule has 0 radical (unpaired) electrons. The second-order valence-corrected chi connectivity index (χ2v) is 6.05. The molecule has 8 heteroatoms. The van der Waals surface area contributed by atoms with Crippen LogP contribution in [0.2, 0.25) is 10.0 Å². The maximum Gasteiger partial charge on any atom is 0.337 e. The molecule has 0 spiro atoms. The van der Waals surface area contributed by atoms with Crippen LogP contribution >= 0.6 is 23.2 Å². The molecule has 0 saturated carbocycles. The normalized spacial score (nSPS) is 10.7. The number of benzene rings is 2. The van der Waals surface area contributed by atoms with Crippen molar-refractivity contribution in [3.05, 3.63) is 63.1 Å². The summed E-state index contributed by atoms with van der Waals surface area (Å²) in [4.78, 5) is 23.8. The fourth-order valence-corrected chi connectivity index (χ4v) is 2.80. The number of halogens is 2. The number of amides is 1. The first-order chi connectivity index (χ1) is 12.9. The van der Waals surface area contributed by atoms with Gasteiger partial charge in [0.25, 0.3) is 5.91 Å². The largest absolute Gasteiger partial charge is 0.495 e. The van der Waals surface area contributed by atoms with Crippen LogP contribution < -0.4 is 10.1 Å². The number of methoxy groups -OCH3 is 2. The summed E-state index contributed by atoms with van der Waals surface area (Å²) >= 11 is 12.0. The molecule has 0 aromatic heterocycles. The Morgan fingerprint density at radius 1 is 1.15 bits per heavy atom. The molecular weight excluding hydrogens is 391 g/mol. The lowest BCUT2D eigenvalue weighted by molar-refractivity contribution is -0.112. The van der Waals surface area contributed by atoms with E-state index in [0.717, 1.165) is 0 Å². The van der Waals surface area contributed by atoms with E-state index in [1.54, 1.807) is 0 Å². The number of esters is 1. The van der Waals surface area contributed by atoms with Crippen LogP contribution in [0.15, 0.2) is 42.0 Å². The third-order valence-electron chi connectivity index (χ3n) is 3.47. The highest BCUT2D eigenvalue weighted by Gasteiger charge is 2.14. The van der Waals surface area contributed by atoms with Gasteiger partial charge in [0, 0.05) is 16.3 Å². The van der Waals surface area contributed by atoms with Crippen LogP contribution in [0, 0.1) is 11.3 Å². The summed E-state index contributed by atoms with van der Waals surface area (Å²) < 4.78 is 9.81. The molecule has 0 fully saturated rings. The molecule has 2 rings (SSSR count). The van der Waals surface area contributed by atoms with Crippen molar-refractivity contribution in [2.75, 3.05) is 19.5 Å². The molecule has 2 aromatic carbocycles. The zero-order chi connectivity index (χ0) is 20.0. The summed E-state index contributed by atoms with van der Waals surface area (Å²) in [5, 5.41) is 12.5. The number of anilines is 1. The van der Waals surface area contributed by atoms with Crippen LogP contribution in [-0.4, -0.2) is 26.1 Å². The zero-order valence-corrected chi connectivity index (χ0v) is 15.9. The molecule has 0 aliphatic carbocycles. The van der Waals surface area contributed by atoms with E-state index in [1.807, 2.05) is 6.07 Å². The lowest BCUT2D eigenvalue weighted by Crippen LogP contribution is -2.13. The molecule has 1 amide bonds. The van der Waals surface area contributed by atoms with Gasteiger partial charge in [-0.05, 0) is 42.5 Å². The molecule has 138 valence electrons. The van der Waals surface area contributed by atoms with Crippen LogP contribution in [0.4, 0.5) is 5.69 Å². The van der Waals surface area contributed by atoms with E-state index in [1.165, 1.54) is 56.7 Å². The van der Waals surface area contributed by atoms with Crippen molar-refractivity contribution in [1.82, 2.24) is 0 Å². The van der Waals surface area contributed by atoms with Gasteiger partial charge >= 0.3 is 5.97 Å². The van der Waals surface area contributed by atoms with E-state index in [9.17, 15) is 14.9 Å². The van der Waals surface area contributed by atoms with Gasteiger partial charge in [-0.1, -0.05) is 23.2 Å². The van der Waals surface area contributed by atoms with Gasteiger partial charge in [-0.15, -0.1) is 0 Å². The number of ether oxygens (including phenoxy) is 2. The molecule has 0 aliphatic rings. The first-order valence-electron chi connectivity index (χ1n) is 7.54. The lowest BCUT2D eigenvalue weighted by atomic mass is 10.1. The maximum absolute atomic E-state index is 12.4. The number of nitrogens with one attached hydrogen (secondary N) is 1. The minimum Gasteiger partial charge on any atom is -0.495 e. The SMILES string of the molecule is COC(=O)c1ccc(NC(=O)/C(C#N)=C/c2cc(Cl)cc(Cl)c2OC)cc1. The Balaban J connectivity index is 2.28. The number of nitrogens with zero attached hydrogens (tertiary/aromatic N) is 1. The highest BCUT2D eigenvalue weighted by molar-refractivity contribution is 6.36. The second kappa shape index (κ2) is 9.08. The quantitative estimate of drug-likeness (QED) is 0.454. The van der Waals surface area contributed by atoms with E-state index in [4.69, 9.17) is 27.9 Å². The van der Waals surface area contributed by atoms with Crippen LogP contribution in [0.3, 0.4) is 0 Å². The Hall–Kier alpha value is -3.01. The molecule has 0 atom stereocenters. The third-order valence-corrected chi connectivity index (χ3v) is 3.97. The summed E-state index contributed by atoms with van der Waals surface area (Å²) in [6, 6.07) is 10.9. The molecule has 6 nitrogen and oxygen atoms in total. The Morgan fingerprint density at radius 2 is 1.81 bits per heavy atom. The minimum atomic E-state index is -0.638. The summed E-state index contributed by atoms with van der Waals surface area (Å²) in [7, 11) is 2.69. The Bertz CT molecular complexity index is 947. The number of hydrogen-bond acceptors (Lipinski definition) is 5. The van der Waals surface area contributed by atoms with Gasteiger partial charge in [-0.2, -0.15) is 5.26 Å². The summed E-state index contributed by atoms with van der Waals surface area (Å²) in [5.41, 5.74) is 0.959. The molecular formula is C19H14Cl2N2O4. The molecule has 1 N–H and O–H groups in total. The Morgan fingerprint density at radius 3 is 2.37 bits per heavy atom. The molecule has 0 bridgehead atoms. The fraction of sp³-hybridized carbons (Fsp3) is 0.105.